The average molecular weight is 520 g/mol. The van der Waals surface area contributed by atoms with Crippen molar-refractivity contribution in [2.75, 3.05) is 6.54 Å². The van der Waals surface area contributed by atoms with E-state index in [2.05, 4.69) is 10.3 Å². The van der Waals surface area contributed by atoms with E-state index in [0.717, 1.165) is 22.5 Å². The van der Waals surface area contributed by atoms with Gasteiger partial charge in [0.25, 0.3) is 5.91 Å². The summed E-state index contributed by atoms with van der Waals surface area (Å²) in [4.78, 5) is 25.9. The minimum Gasteiger partial charge on any atom is -0.450 e. The van der Waals surface area contributed by atoms with Gasteiger partial charge >= 0.3 is 11.9 Å². The van der Waals surface area contributed by atoms with Crippen molar-refractivity contribution in [3.8, 4) is 17.6 Å². The van der Waals surface area contributed by atoms with Crippen molar-refractivity contribution < 1.29 is 27.6 Å². The van der Waals surface area contributed by atoms with Gasteiger partial charge in [0.2, 0.25) is 5.75 Å². The number of nitro groups is 1. The number of ether oxygens (including phenoxy) is 1. The van der Waals surface area contributed by atoms with Crippen LogP contribution in [0, 0.1) is 21.4 Å². The van der Waals surface area contributed by atoms with Crippen molar-refractivity contribution in [1.29, 1.82) is 5.26 Å². The highest BCUT2D eigenvalue weighted by Gasteiger charge is 2.33. The Balaban J connectivity index is 1.41. The second-order valence-corrected chi connectivity index (χ2v) is 8.14. The lowest BCUT2D eigenvalue weighted by atomic mass is 10.1. The first kappa shape index (κ1) is 26.0. The SMILES string of the molecule is N#C/C(=C\c1ccc(Oc2ccc(C(F)(F)F)cc2[N+](=O)[O-])cc1)C(=O)NCCc1c[nH]c2ccccc12. The molecule has 1 amide bonds. The van der Waals surface area contributed by atoms with Crippen LogP contribution in [0.15, 0.2) is 78.5 Å². The lowest BCUT2D eigenvalue weighted by Gasteiger charge is -2.10. The summed E-state index contributed by atoms with van der Waals surface area (Å²) >= 11 is 0. The second-order valence-electron chi connectivity index (χ2n) is 8.14. The average Bonchev–Trinajstić information content (AvgIpc) is 3.30. The number of nitrogens with one attached hydrogen (secondary N) is 2. The predicted octanol–water partition coefficient (Wildman–Crippen LogP) is 6.15. The Bertz CT molecular complexity index is 1570. The smallest absolute Gasteiger partial charge is 0.416 e. The summed E-state index contributed by atoms with van der Waals surface area (Å²) in [5.74, 6) is -0.793. The van der Waals surface area contributed by atoms with Crippen molar-refractivity contribution in [2.24, 2.45) is 0 Å². The number of fused-ring (bicyclic) bond motifs is 1. The van der Waals surface area contributed by atoms with Gasteiger partial charge < -0.3 is 15.0 Å². The Kier molecular flexibility index (Phi) is 7.43. The summed E-state index contributed by atoms with van der Waals surface area (Å²) in [5, 5.41) is 24.5. The van der Waals surface area contributed by atoms with Gasteiger partial charge in [-0.1, -0.05) is 30.3 Å². The number of nitriles is 1. The molecule has 4 rings (SSSR count). The number of carbonyl (C=O) groups is 1. The standard InChI is InChI=1S/C27H19F3N4O4/c28-27(29,30)20-7-10-25(24(14-20)34(36)37)38-21-8-5-17(6-9-21)13-19(15-31)26(35)32-12-11-18-16-33-23-4-2-1-3-22(18)23/h1-10,13-14,16,33H,11-12H2,(H,32,35)/b19-13+. The molecule has 0 radical (unpaired) electrons. The summed E-state index contributed by atoms with van der Waals surface area (Å²) in [7, 11) is 0. The van der Waals surface area contributed by atoms with Crippen LogP contribution in [0.5, 0.6) is 11.5 Å². The van der Waals surface area contributed by atoms with Crippen molar-refractivity contribution in [1.82, 2.24) is 10.3 Å². The second kappa shape index (κ2) is 10.9. The van der Waals surface area contributed by atoms with Crippen molar-refractivity contribution in [3.63, 3.8) is 0 Å². The van der Waals surface area contributed by atoms with Crippen molar-refractivity contribution in [2.45, 2.75) is 12.6 Å². The Morgan fingerprint density at radius 2 is 1.87 bits per heavy atom. The van der Waals surface area contributed by atoms with E-state index in [1.807, 2.05) is 36.5 Å². The fourth-order valence-electron chi connectivity index (χ4n) is 3.74. The molecule has 0 saturated carbocycles. The number of rotatable bonds is 8. The monoisotopic (exact) mass is 520 g/mol. The number of para-hydroxylation sites is 1. The number of nitrogens with zero attached hydrogens (tertiary/aromatic N) is 2. The van der Waals surface area contributed by atoms with E-state index in [4.69, 9.17) is 4.74 Å². The van der Waals surface area contributed by atoms with E-state index < -0.39 is 28.3 Å². The maximum absolute atomic E-state index is 12.9. The molecule has 192 valence electrons. The van der Waals surface area contributed by atoms with Gasteiger partial charge in [-0.25, -0.2) is 0 Å². The largest absolute Gasteiger partial charge is 0.450 e. The van der Waals surface area contributed by atoms with Crippen LogP contribution in [0.25, 0.3) is 17.0 Å². The highest BCUT2D eigenvalue weighted by molar-refractivity contribution is 6.01. The van der Waals surface area contributed by atoms with E-state index >= 15 is 0 Å². The number of nitro benzene ring substituents is 1. The van der Waals surface area contributed by atoms with E-state index in [9.17, 15) is 33.3 Å². The number of alkyl halides is 3. The van der Waals surface area contributed by atoms with Gasteiger partial charge in [0.15, 0.2) is 0 Å². The first-order valence-corrected chi connectivity index (χ1v) is 11.2. The Morgan fingerprint density at radius 3 is 2.55 bits per heavy atom. The maximum Gasteiger partial charge on any atom is 0.416 e. The molecule has 0 atom stereocenters. The third-order valence-corrected chi connectivity index (χ3v) is 5.62. The van der Waals surface area contributed by atoms with E-state index in [-0.39, 0.29) is 17.1 Å². The topological polar surface area (TPSA) is 121 Å². The lowest BCUT2D eigenvalue weighted by Crippen LogP contribution is -2.26. The number of halogens is 3. The van der Waals surface area contributed by atoms with Crippen LogP contribution in [0.2, 0.25) is 0 Å². The van der Waals surface area contributed by atoms with Gasteiger partial charge in [0.1, 0.15) is 17.4 Å². The third kappa shape index (κ3) is 5.99. The highest BCUT2D eigenvalue weighted by atomic mass is 19.4. The molecule has 8 nitrogen and oxygen atoms in total. The number of amides is 1. The number of hydrogen-bond acceptors (Lipinski definition) is 5. The number of aromatic nitrogens is 1. The van der Waals surface area contributed by atoms with Crippen LogP contribution in [-0.4, -0.2) is 22.4 Å². The molecule has 11 heteroatoms. The minimum absolute atomic E-state index is 0.117. The molecule has 4 aromatic rings. The molecule has 0 aliphatic heterocycles. The van der Waals surface area contributed by atoms with Gasteiger partial charge in [-0.3, -0.25) is 14.9 Å². The summed E-state index contributed by atoms with van der Waals surface area (Å²) in [5.41, 5.74) is 0.373. The molecule has 0 spiro atoms. The fraction of sp³-hybridized carbons (Fsp3) is 0.111. The number of H-pyrrole nitrogens is 1. The van der Waals surface area contributed by atoms with Gasteiger partial charge in [-0.05, 0) is 54.0 Å². The van der Waals surface area contributed by atoms with Crippen LogP contribution in [0.4, 0.5) is 18.9 Å². The van der Waals surface area contributed by atoms with Crippen LogP contribution in [0.3, 0.4) is 0 Å². The molecule has 0 saturated heterocycles. The molecule has 3 aromatic carbocycles. The summed E-state index contributed by atoms with van der Waals surface area (Å²) in [6.45, 7) is 0.318. The lowest BCUT2D eigenvalue weighted by molar-refractivity contribution is -0.385. The van der Waals surface area contributed by atoms with Gasteiger partial charge in [-0.2, -0.15) is 18.4 Å². The molecular weight excluding hydrogens is 501 g/mol. The van der Waals surface area contributed by atoms with Crippen LogP contribution in [-0.2, 0) is 17.4 Å². The van der Waals surface area contributed by atoms with Gasteiger partial charge in [-0.15, -0.1) is 0 Å². The zero-order valence-electron chi connectivity index (χ0n) is 19.6. The van der Waals surface area contributed by atoms with E-state index in [1.54, 1.807) is 0 Å². The minimum atomic E-state index is -4.74. The highest BCUT2D eigenvalue weighted by Crippen LogP contribution is 2.37. The summed E-state index contributed by atoms with van der Waals surface area (Å²) in [6.07, 6.45) is -0.929. The maximum atomic E-state index is 12.9. The van der Waals surface area contributed by atoms with E-state index in [0.29, 0.717) is 30.7 Å². The molecule has 0 bridgehead atoms. The normalized spacial score (nSPS) is 11.7. The van der Waals surface area contributed by atoms with Crippen LogP contribution < -0.4 is 10.1 Å². The predicted molar refractivity (Wildman–Crippen MR) is 133 cm³/mol. The molecule has 1 heterocycles. The van der Waals surface area contributed by atoms with Crippen LogP contribution >= 0.6 is 0 Å². The molecule has 0 aliphatic rings. The van der Waals surface area contributed by atoms with Crippen molar-refractivity contribution >= 4 is 28.6 Å². The molecule has 0 aliphatic carbocycles. The summed E-state index contributed by atoms with van der Waals surface area (Å²) < 4.78 is 44.1. The Hall–Kier alpha value is -5.11. The first-order chi connectivity index (χ1) is 18.2. The molecule has 0 unspecified atom stereocenters. The number of benzene rings is 3. The molecule has 38 heavy (non-hydrogen) atoms. The number of aromatic amines is 1. The third-order valence-electron chi connectivity index (χ3n) is 5.62. The van der Waals surface area contributed by atoms with Crippen LogP contribution in [0.1, 0.15) is 16.7 Å². The van der Waals surface area contributed by atoms with Gasteiger partial charge in [0.05, 0.1) is 10.5 Å². The summed E-state index contributed by atoms with van der Waals surface area (Å²) in [6, 6.07) is 17.4. The Labute approximate surface area is 214 Å². The quantitative estimate of drug-likeness (QED) is 0.125. The molecular formula is C27H19F3N4O4. The molecule has 0 fully saturated rings. The molecule has 2 N–H and O–H groups in total. The van der Waals surface area contributed by atoms with Gasteiger partial charge in [0, 0.05) is 29.7 Å². The van der Waals surface area contributed by atoms with E-state index in [1.165, 1.54) is 30.3 Å². The molecule has 1 aromatic heterocycles. The van der Waals surface area contributed by atoms with Crippen molar-refractivity contribution in [3.05, 3.63) is 105 Å². The fourth-order valence-corrected chi connectivity index (χ4v) is 3.74. The zero-order valence-corrected chi connectivity index (χ0v) is 19.6. The first-order valence-electron chi connectivity index (χ1n) is 11.2. The number of hydrogen-bond donors (Lipinski definition) is 2. The zero-order chi connectivity index (χ0) is 27.3. The number of carbonyl (C=O) groups excluding carboxylic acids is 1. The Morgan fingerprint density at radius 1 is 1.13 bits per heavy atom.